The van der Waals surface area contributed by atoms with Crippen molar-refractivity contribution in [3.8, 4) is 11.3 Å². The zero-order valence-corrected chi connectivity index (χ0v) is 16.4. The van der Waals surface area contributed by atoms with Gasteiger partial charge in [0.1, 0.15) is 11.5 Å². The molecule has 1 aromatic heterocycles. The van der Waals surface area contributed by atoms with Crippen LogP contribution in [0, 0.1) is 0 Å². The molecule has 1 fully saturated rings. The van der Waals surface area contributed by atoms with E-state index in [0.29, 0.717) is 22.8 Å². The van der Waals surface area contributed by atoms with E-state index in [4.69, 9.17) is 9.52 Å². The van der Waals surface area contributed by atoms with Gasteiger partial charge in [0, 0.05) is 11.6 Å². The van der Waals surface area contributed by atoms with Crippen molar-refractivity contribution in [2.45, 2.75) is 5.50 Å². The molecule has 2 heterocycles. The summed E-state index contributed by atoms with van der Waals surface area (Å²) in [6.45, 7) is 0. The monoisotopic (exact) mass is 419 g/mol. The first-order chi connectivity index (χ1) is 14.6. The highest BCUT2D eigenvalue weighted by Gasteiger charge is 2.27. The third kappa shape index (κ3) is 4.61. The Bertz CT molecular complexity index is 1140. The average Bonchev–Trinajstić information content (AvgIpc) is 3.36. The summed E-state index contributed by atoms with van der Waals surface area (Å²) < 4.78 is 5.77. The van der Waals surface area contributed by atoms with Crippen molar-refractivity contribution in [1.29, 1.82) is 0 Å². The van der Waals surface area contributed by atoms with Crippen LogP contribution in [0.3, 0.4) is 0 Å². The molecule has 2 aromatic carbocycles. The zero-order chi connectivity index (χ0) is 20.9. The maximum atomic E-state index is 12.3. The lowest BCUT2D eigenvalue weighted by Gasteiger charge is -2.07. The lowest BCUT2D eigenvalue weighted by molar-refractivity contribution is -0.107. The molecule has 3 N–H and O–H groups in total. The van der Waals surface area contributed by atoms with E-state index in [2.05, 4.69) is 15.8 Å². The summed E-state index contributed by atoms with van der Waals surface area (Å²) in [6, 6.07) is 19.6. The lowest BCUT2D eigenvalue weighted by Crippen LogP contribution is -2.30. The predicted octanol–water partition coefficient (Wildman–Crippen LogP) is 3.76. The van der Waals surface area contributed by atoms with Gasteiger partial charge in [0.25, 0.3) is 0 Å². The highest BCUT2D eigenvalue weighted by molar-refractivity contribution is 8.15. The number of furan rings is 1. The molecular weight excluding hydrogens is 402 g/mol. The van der Waals surface area contributed by atoms with E-state index in [1.54, 1.807) is 36.6 Å². The molecule has 0 spiro atoms. The number of nitrogens with one attached hydrogen (secondary N) is 2. The summed E-state index contributed by atoms with van der Waals surface area (Å²) in [4.78, 5) is 23.4. The molecule has 150 valence electrons. The summed E-state index contributed by atoms with van der Waals surface area (Å²) >= 11 is 1.09. The highest BCUT2D eigenvalue weighted by atomic mass is 32.2. The fraction of sp³-hybridized carbons (Fsp3) is 0.0455. The van der Waals surface area contributed by atoms with Crippen LogP contribution < -0.4 is 10.7 Å². The van der Waals surface area contributed by atoms with Gasteiger partial charge in [-0.3, -0.25) is 10.2 Å². The summed E-state index contributed by atoms with van der Waals surface area (Å²) in [7, 11) is 0. The molecular formula is C22H17N3O4S. The van der Waals surface area contributed by atoms with E-state index in [-0.39, 0.29) is 16.2 Å². The summed E-state index contributed by atoms with van der Waals surface area (Å²) in [5.74, 6) is -0.00205. The average molecular weight is 419 g/mol. The number of thioether (sulfide) groups is 1. The van der Waals surface area contributed by atoms with Crippen molar-refractivity contribution in [2.75, 3.05) is 0 Å². The first-order valence-electron chi connectivity index (χ1n) is 9.05. The highest BCUT2D eigenvalue weighted by Crippen LogP contribution is 2.27. The molecule has 8 heteroatoms. The van der Waals surface area contributed by atoms with E-state index in [0.717, 1.165) is 17.3 Å². The van der Waals surface area contributed by atoms with E-state index >= 15 is 0 Å². The van der Waals surface area contributed by atoms with Crippen LogP contribution in [0.25, 0.3) is 17.4 Å². The third-order valence-corrected chi connectivity index (χ3v) is 5.14. The van der Waals surface area contributed by atoms with Crippen molar-refractivity contribution in [3.05, 3.63) is 89.3 Å². The topological polar surface area (TPSA) is 104 Å². The fourth-order valence-electron chi connectivity index (χ4n) is 2.81. The zero-order valence-electron chi connectivity index (χ0n) is 15.6. The largest absolute Gasteiger partial charge is 0.478 e. The van der Waals surface area contributed by atoms with Crippen LogP contribution in [0.1, 0.15) is 21.7 Å². The molecule has 1 atom stereocenters. The Hall–Kier alpha value is -3.78. The SMILES string of the molecule is O=C1SC(N/N=C/c2ccccc2)N/C1=C/c1ccc(-c2cccc(C(=O)O)c2)o1. The van der Waals surface area contributed by atoms with Crippen LogP contribution in [0.4, 0.5) is 0 Å². The van der Waals surface area contributed by atoms with Gasteiger partial charge in [-0.05, 0) is 41.6 Å². The molecule has 7 nitrogen and oxygen atoms in total. The van der Waals surface area contributed by atoms with Crippen molar-refractivity contribution in [2.24, 2.45) is 5.10 Å². The van der Waals surface area contributed by atoms with Gasteiger partial charge in [-0.25, -0.2) is 4.79 Å². The molecule has 4 rings (SSSR count). The Labute approximate surface area is 176 Å². The molecule has 0 bridgehead atoms. The van der Waals surface area contributed by atoms with Crippen LogP contribution in [-0.4, -0.2) is 27.9 Å². The van der Waals surface area contributed by atoms with Crippen molar-refractivity contribution >= 4 is 35.1 Å². The van der Waals surface area contributed by atoms with Crippen LogP contribution >= 0.6 is 11.8 Å². The molecule has 0 radical (unpaired) electrons. The number of carbonyl (C=O) groups excluding carboxylic acids is 1. The first-order valence-corrected chi connectivity index (χ1v) is 9.93. The number of rotatable bonds is 6. The smallest absolute Gasteiger partial charge is 0.335 e. The predicted molar refractivity (Wildman–Crippen MR) is 116 cm³/mol. The number of carbonyl (C=O) groups is 2. The second-order valence-corrected chi connectivity index (χ2v) is 7.45. The second kappa shape index (κ2) is 8.71. The number of carboxylic acid groups (broad SMARTS) is 1. The molecule has 30 heavy (non-hydrogen) atoms. The molecule has 3 aromatic rings. The Morgan fingerprint density at radius 1 is 1.13 bits per heavy atom. The third-order valence-electron chi connectivity index (χ3n) is 4.24. The summed E-state index contributed by atoms with van der Waals surface area (Å²) in [5, 5.41) is 16.2. The van der Waals surface area contributed by atoms with E-state index in [1.807, 2.05) is 30.3 Å². The number of hydrazone groups is 1. The Morgan fingerprint density at radius 2 is 1.97 bits per heavy atom. The minimum absolute atomic E-state index is 0.131. The maximum Gasteiger partial charge on any atom is 0.335 e. The number of carboxylic acids is 1. The maximum absolute atomic E-state index is 12.3. The Balaban J connectivity index is 1.43. The van der Waals surface area contributed by atoms with Gasteiger partial charge >= 0.3 is 5.97 Å². The fourth-order valence-corrected chi connectivity index (χ4v) is 3.57. The molecule has 1 unspecified atom stereocenters. The summed E-state index contributed by atoms with van der Waals surface area (Å²) in [6.07, 6.45) is 3.29. The summed E-state index contributed by atoms with van der Waals surface area (Å²) in [5.41, 5.74) is 4.68. The van der Waals surface area contributed by atoms with Gasteiger partial charge in [-0.15, -0.1) is 0 Å². The number of aromatic carboxylic acids is 1. The van der Waals surface area contributed by atoms with Crippen LogP contribution in [0.15, 0.2) is 81.9 Å². The van der Waals surface area contributed by atoms with Gasteiger partial charge < -0.3 is 14.8 Å². The molecule has 0 aliphatic carbocycles. The number of benzene rings is 2. The van der Waals surface area contributed by atoms with Gasteiger partial charge in [0.15, 0.2) is 5.50 Å². The van der Waals surface area contributed by atoms with E-state index in [9.17, 15) is 9.59 Å². The molecule has 0 saturated carbocycles. The molecule has 1 saturated heterocycles. The minimum Gasteiger partial charge on any atom is -0.478 e. The minimum atomic E-state index is -1.00. The Morgan fingerprint density at radius 3 is 2.77 bits per heavy atom. The first kappa shape index (κ1) is 19.5. The number of hydrogen-bond acceptors (Lipinski definition) is 7. The molecule has 1 aliphatic heterocycles. The van der Waals surface area contributed by atoms with Crippen molar-refractivity contribution < 1.29 is 19.1 Å². The van der Waals surface area contributed by atoms with Gasteiger partial charge in [-0.1, -0.05) is 42.5 Å². The van der Waals surface area contributed by atoms with E-state index in [1.165, 1.54) is 12.1 Å². The van der Waals surface area contributed by atoms with Crippen molar-refractivity contribution in [1.82, 2.24) is 10.7 Å². The van der Waals surface area contributed by atoms with Gasteiger partial charge in [-0.2, -0.15) is 5.10 Å². The quantitative estimate of drug-likeness (QED) is 0.317. The van der Waals surface area contributed by atoms with Crippen molar-refractivity contribution in [3.63, 3.8) is 0 Å². The van der Waals surface area contributed by atoms with Crippen LogP contribution in [0.2, 0.25) is 0 Å². The van der Waals surface area contributed by atoms with E-state index < -0.39 is 5.97 Å². The Kier molecular flexibility index (Phi) is 5.67. The van der Waals surface area contributed by atoms with Crippen LogP contribution in [0.5, 0.6) is 0 Å². The molecule has 1 aliphatic rings. The lowest BCUT2D eigenvalue weighted by atomic mass is 10.1. The van der Waals surface area contributed by atoms with Gasteiger partial charge in [0.2, 0.25) is 5.12 Å². The normalized spacial score (nSPS) is 17.4. The van der Waals surface area contributed by atoms with Crippen LogP contribution in [-0.2, 0) is 4.79 Å². The van der Waals surface area contributed by atoms with Gasteiger partial charge in [0.05, 0.1) is 17.5 Å². The molecule has 0 amide bonds. The standard InChI is InChI=1S/C22H17N3O4S/c26-20(27)16-8-4-7-15(11-16)19-10-9-17(29-19)12-18-21(28)30-22(24-18)25-23-13-14-5-2-1-3-6-14/h1-13,22,24-25H,(H,26,27)/b18-12+,23-13+. The number of hydrogen-bond donors (Lipinski definition) is 3. The second-order valence-electron chi connectivity index (χ2n) is 6.37. The number of nitrogens with zero attached hydrogens (tertiary/aromatic N) is 1.